The summed E-state index contributed by atoms with van der Waals surface area (Å²) in [5.41, 5.74) is -1.06. The second-order valence-corrected chi connectivity index (χ2v) is 20.3. The minimum Gasteiger partial charge on any atom is -0.505 e. The number of nitro benzene ring substituents is 1. The molecule has 0 saturated carbocycles. The predicted molar refractivity (Wildman–Crippen MR) is 235 cm³/mol. The van der Waals surface area contributed by atoms with Gasteiger partial charge in [0.2, 0.25) is 0 Å². The number of anilines is 1. The van der Waals surface area contributed by atoms with Gasteiger partial charge >= 0.3 is 5.97 Å². The van der Waals surface area contributed by atoms with E-state index in [1.807, 2.05) is 0 Å². The summed E-state index contributed by atoms with van der Waals surface area (Å²) in [5, 5.41) is 87.4. The molecule has 0 saturated heterocycles. The molecule has 0 aromatic heterocycles. The molecule has 0 radical (unpaired) electrons. The van der Waals surface area contributed by atoms with Crippen molar-refractivity contribution in [2.75, 3.05) is 5.73 Å². The number of azo groups is 3. The molecular weight excluding hydrogens is 1080 g/mol. The number of nitrogens with zero attached hydrogens (tertiary/aromatic N) is 7. The van der Waals surface area contributed by atoms with Crippen molar-refractivity contribution in [3.8, 4) is 11.5 Å². The highest BCUT2D eigenvalue weighted by molar-refractivity contribution is 7.95. The van der Waals surface area contributed by atoms with E-state index in [-0.39, 0.29) is 16.9 Å². The van der Waals surface area contributed by atoms with Gasteiger partial charge in [-0.05, 0) is 60.7 Å². The Morgan fingerprint density at radius 1 is 0.606 bits per heavy atom. The molecule has 0 atom stereocenters. The number of carbonyl (C=O) groups is 1. The van der Waals surface area contributed by atoms with E-state index in [2.05, 4.69) is 49.4 Å². The van der Waals surface area contributed by atoms with Gasteiger partial charge in [-0.3, -0.25) is 28.3 Å². The van der Waals surface area contributed by atoms with Crippen LogP contribution in [-0.4, -0.2) is 88.6 Å². The van der Waals surface area contributed by atoms with E-state index in [0.717, 1.165) is 24.3 Å². The number of phenols is 2. The summed E-state index contributed by atoms with van der Waals surface area (Å²) in [6.45, 7) is 0. The van der Waals surface area contributed by atoms with Crippen molar-refractivity contribution in [3.05, 3.63) is 82.4 Å². The molecule has 0 spiro atoms. The van der Waals surface area contributed by atoms with Gasteiger partial charge in [0.15, 0.2) is 17.2 Å². The van der Waals surface area contributed by atoms with Crippen molar-refractivity contribution < 1.29 is 106 Å². The fourth-order valence-corrected chi connectivity index (χ4v) is 9.69. The summed E-state index contributed by atoms with van der Waals surface area (Å²) < 4.78 is 149. The molecule has 6 aromatic rings. The maximum atomic E-state index is 13.0. The van der Waals surface area contributed by atoms with Crippen LogP contribution in [0.5, 0.6) is 11.5 Å². The number of hydrogen-bond donors (Lipinski definition) is 10. The Balaban J connectivity index is 1.56. The Kier molecular flexibility index (Phi) is 15.3. The Morgan fingerprint density at radius 3 is 1.77 bits per heavy atom. The molecule has 71 heavy (non-hydrogen) atoms. The first-order chi connectivity index (χ1) is 33.1. The standard InChI is InChI=1S/C33H22N8O24S6/c34-27-21(11-24(69(53,54)55)17-9-23(67-65-63-49)28(31(43)26(17)27)39-36-19-4-1-12(66-64-62-48)7-22(19)41(46)47)38-37-20-6-3-14-15(32(20)71(59,60)61)10-25(70(56,57)58)29(30(14)42)40-35-18-5-2-13(68(50,51)52)8-16(18)33(44)45/h1-11,42-43,48-49H,34H2,(H,44,45)(H,50,51,52)(H,53,54,55)(H,56,57,58)(H,59,60,61). The van der Waals surface area contributed by atoms with Crippen LogP contribution in [0.25, 0.3) is 21.5 Å². The molecule has 32 nitrogen and oxygen atoms in total. The number of fused-ring (bicyclic) bond motifs is 2. The van der Waals surface area contributed by atoms with Crippen molar-refractivity contribution >= 4 is 138 Å². The minimum atomic E-state index is -5.66. The van der Waals surface area contributed by atoms with Gasteiger partial charge < -0.3 is 21.1 Å². The van der Waals surface area contributed by atoms with Crippen molar-refractivity contribution in [1.82, 2.24) is 0 Å². The summed E-state index contributed by atoms with van der Waals surface area (Å²) >= 11 is 0.376. The van der Waals surface area contributed by atoms with Crippen molar-refractivity contribution in [2.45, 2.75) is 29.4 Å². The number of carboxylic acids is 1. The SMILES string of the molecule is Nc1c(N=Nc2ccc3c(O)c(N=Nc4ccc(S(=O)(=O)O)cc4C(=O)O)c(S(=O)(=O)O)cc3c2S(=O)(=O)O)cc(S(=O)(=O)O)c2cc(SOOO)c(N=Nc3ccc(SOOO)cc3[N+](=O)[O-])c(O)c12. The van der Waals surface area contributed by atoms with E-state index >= 15 is 0 Å². The number of hydrogen-bond acceptors (Lipinski definition) is 28. The van der Waals surface area contributed by atoms with Gasteiger partial charge in [-0.15, -0.1) is 39.4 Å². The smallest absolute Gasteiger partial charge is 0.338 e. The Hall–Kier alpha value is -6.99. The lowest BCUT2D eigenvalue weighted by atomic mass is 10.0. The van der Waals surface area contributed by atoms with Gasteiger partial charge in [0.1, 0.15) is 43.1 Å². The lowest BCUT2D eigenvalue weighted by Gasteiger charge is -2.15. The van der Waals surface area contributed by atoms with Crippen LogP contribution in [0.4, 0.5) is 45.5 Å². The van der Waals surface area contributed by atoms with Gasteiger partial charge in [0.05, 0.1) is 55.4 Å². The van der Waals surface area contributed by atoms with Gasteiger partial charge in [-0.2, -0.15) is 33.7 Å². The zero-order valence-electron chi connectivity index (χ0n) is 33.7. The summed E-state index contributed by atoms with van der Waals surface area (Å²) in [6, 6.07) is 8.13. The van der Waals surface area contributed by atoms with Crippen LogP contribution in [0.15, 0.2) is 127 Å². The average molecular weight is 1110 g/mol. The maximum absolute atomic E-state index is 13.0. The Labute approximate surface area is 401 Å². The molecule has 0 heterocycles. The van der Waals surface area contributed by atoms with Crippen LogP contribution in [0, 0.1) is 10.1 Å². The van der Waals surface area contributed by atoms with Crippen LogP contribution in [0.2, 0.25) is 0 Å². The fraction of sp³-hybridized carbons (Fsp3) is 0. The van der Waals surface area contributed by atoms with Gasteiger partial charge in [0.25, 0.3) is 46.2 Å². The van der Waals surface area contributed by atoms with E-state index in [9.17, 15) is 82.1 Å². The molecule has 0 unspecified atom stereocenters. The topological polar surface area (TPSA) is 516 Å². The summed E-state index contributed by atoms with van der Waals surface area (Å²) in [6.07, 6.45) is 0. The summed E-state index contributed by atoms with van der Waals surface area (Å²) in [5.74, 6) is -4.28. The molecule has 0 amide bonds. The number of aromatic carboxylic acids is 1. The number of nitrogens with two attached hydrogens (primary N) is 1. The Morgan fingerprint density at radius 2 is 1.18 bits per heavy atom. The lowest BCUT2D eigenvalue weighted by Crippen LogP contribution is -2.03. The molecule has 11 N–H and O–H groups in total. The average Bonchev–Trinajstić information content (AvgIpc) is 3.27. The van der Waals surface area contributed by atoms with Crippen molar-refractivity contribution in [2.24, 2.45) is 30.7 Å². The second-order valence-electron chi connectivity index (χ2n) is 13.2. The number of nitrogen functional groups attached to an aromatic ring is 1. The number of aromatic hydroxyl groups is 2. The highest BCUT2D eigenvalue weighted by atomic mass is 32.2. The molecule has 0 aliphatic carbocycles. The van der Waals surface area contributed by atoms with Gasteiger partial charge in [-0.25, -0.2) is 15.3 Å². The highest BCUT2D eigenvalue weighted by Crippen LogP contribution is 2.51. The number of phenolic OH excluding ortho intramolecular Hbond substituents is 2. The van der Waals surface area contributed by atoms with E-state index in [0.29, 0.717) is 48.4 Å². The minimum absolute atomic E-state index is 0.00285. The summed E-state index contributed by atoms with van der Waals surface area (Å²) in [7, 11) is -21.6. The molecule has 0 bridgehead atoms. The molecule has 0 fully saturated rings. The zero-order chi connectivity index (χ0) is 52.5. The molecular formula is C33H22N8O24S6. The largest absolute Gasteiger partial charge is 0.505 e. The molecule has 0 aliphatic rings. The third-order valence-electron chi connectivity index (χ3n) is 9.03. The fourth-order valence-electron chi connectivity index (χ4n) is 6.13. The zero-order valence-corrected chi connectivity index (χ0v) is 38.6. The van der Waals surface area contributed by atoms with Crippen LogP contribution in [-0.2, 0) is 59.2 Å². The van der Waals surface area contributed by atoms with Gasteiger partial charge in [-0.1, -0.05) is 10.1 Å². The first-order valence-electron chi connectivity index (χ1n) is 17.6. The van der Waals surface area contributed by atoms with Crippen LogP contribution < -0.4 is 5.73 Å². The number of nitro groups is 1. The quantitative estimate of drug-likeness (QED) is 0.00749. The molecule has 374 valence electrons. The van der Waals surface area contributed by atoms with E-state index < -0.39 is 160 Å². The van der Waals surface area contributed by atoms with Crippen molar-refractivity contribution in [3.63, 3.8) is 0 Å². The van der Waals surface area contributed by atoms with Crippen LogP contribution in [0.1, 0.15) is 10.4 Å². The monoisotopic (exact) mass is 1110 g/mol. The summed E-state index contributed by atoms with van der Waals surface area (Å²) in [4.78, 5) is 17.4. The first kappa shape index (κ1) is 53.4. The lowest BCUT2D eigenvalue weighted by molar-refractivity contribution is -0.432. The van der Waals surface area contributed by atoms with E-state index in [1.165, 1.54) is 6.07 Å². The van der Waals surface area contributed by atoms with E-state index in [4.69, 9.17) is 16.2 Å². The number of rotatable bonds is 18. The molecule has 38 heteroatoms. The maximum Gasteiger partial charge on any atom is 0.338 e. The third kappa shape index (κ3) is 11.5. The predicted octanol–water partition coefficient (Wildman–Crippen LogP) is 7.68. The number of carboxylic acid groups (broad SMARTS) is 1. The van der Waals surface area contributed by atoms with Crippen LogP contribution >= 0.6 is 24.1 Å². The van der Waals surface area contributed by atoms with E-state index in [1.54, 1.807) is 0 Å². The van der Waals surface area contributed by atoms with Crippen molar-refractivity contribution in [1.29, 1.82) is 0 Å². The molecule has 6 rings (SSSR count). The van der Waals surface area contributed by atoms with Crippen LogP contribution in [0.3, 0.4) is 0 Å². The first-order valence-corrected chi connectivity index (χ1v) is 24.9. The normalized spacial score (nSPS) is 12.8. The highest BCUT2D eigenvalue weighted by Gasteiger charge is 2.30. The third-order valence-corrected chi connectivity index (χ3v) is 13.8. The van der Waals surface area contributed by atoms with Gasteiger partial charge in [0, 0.05) is 27.1 Å². The molecule has 6 aromatic carbocycles. The number of benzene rings is 6. The Bertz CT molecular complexity index is 3800. The molecule has 0 aliphatic heterocycles. The second kappa shape index (κ2) is 20.4.